The fourth-order valence-electron chi connectivity index (χ4n) is 3.10. The van der Waals surface area contributed by atoms with Crippen molar-refractivity contribution in [3.63, 3.8) is 0 Å². The van der Waals surface area contributed by atoms with E-state index in [0.29, 0.717) is 31.9 Å². The van der Waals surface area contributed by atoms with Crippen molar-refractivity contribution in [2.24, 2.45) is 7.05 Å². The lowest BCUT2D eigenvalue weighted by Gasteiger charge is -2.35. The third kappa shape index (κ3) is 4.88. The van der Waals surface area contributed by atoms with Crippen molar-refractivity contribution < 1.29 is 18.0 Å². The molecule has 0 spiro atoms. The van der Waals surface area contributed by atoms with Crippen LogP contribution in [0.1, 0.15) is 5.56 Å². The van der Waals surface area contributed by atoms with Gasteiger partial charge in [-0.15, -0.1) is 0 Å². The Bertz CT molecular complexity index is 955. The summed E-state index contributed by atoms with van der Waals surface area (Å²) in [5.41, 5.74) is -1.01. The number of anilines is 2. The molecule has 1 aromatic carbocycles. The van der Waals surface area contributed by atoms with Gasteiger partial charge in [-0.05, 0) is 12.1 Å². The Hall–Kier alpha value is -2.59. The lowest BCUT2D eigenvalue weighted by Crippen LogP contribution is -2.49. The van der Waals surface area contributed by atoms with Crippen molar-refractivity contribution in [2.75, 3.05) is 42.9 Å². The summed E-state index contributed by atoms with van der Waals surface area (Å²) in [6.45, 7) is 1.93. The van der Waals surface area contributed by atoms with Crippen LogP contribution in [0.15, 0.2) is 35.3 Å². The van der Waals surface area contributed by atoms with Gasteiger partial charge in [0.25, 0.3) is 5.56 Å². The van der Waals surface area contributed by atoms with Crippen LogP contribution in [0.2, 0.25) is 5.02 Å². The van der Waals surface area contributed by atoms with E-state index < -0.39 is 23.2 Å². The number of nitrogens with one attached hydrogen (secondary N) is 1. The second kappa shape index (κ2) is 8.42. The summed E-state index contributed by atoms with van der Waals surface area (Å²) >= 11 is 6.11. The van der Waals surface area contributed by atoms with E-state index in [9.17, 15) is 22.8 Å². The number of hydrogen-bond donors (Lipinski definition) is 1. The number of nitrogens with zero attached hydrogens (tertiary/aromatic N) is 4. The van der Waals surface area contributed by atoms with Gasteiger partial charge in [-0.1, -0.05) is 23.7 Å². The zero-order valence-corrected chi connectivity index (χ0v) is 16.3. The van der Waals surface area contributed by atoms with Gasteiger partial charge in [-0.3, -0.25) is 14.5 Å². The smallest absolute Gasteiger partial charge is 0.366 e. The molecule has 0 bridgehead atoms. The van der Waals surface area contributed by atoms with Gasteiger partial charge in [-0.25, -0.2) is 4.68 Å². The number of carbonyl (C=O) groups excluding carboxylic acids is 1. The SMILES string of the molecule is Cn1ncc(N2CCN(CC(=O)Nc3ccccc3C(F)(F)F)CC2)c(Cl)c1=O. The Labute approximate surface area is 169 Å². The van der Waals surface area contributed by atoms with Crippen LogP contribution in [0.25, 0.3) is 0 Å². The first-order chi connectivity index (χ1) is 13.7. The standard InChI is InChI=1S/C18H19ClF3N5O2/c1-25-17(29)16(19)14(10-23-25)27-8-6-26(7-9-27)11-15(28)24-13-5-3-2-4-12(13)18(20,21)22/h2-5,10H,6-9,11H2,1H3,(H,24,28). The van der Waals surface area contributed by atoms with E-state index >= 15 is 0 Å². The zero-order chi connectivity index (χ0) is 21.2. The summed E-state index contributed by atoms with van der Waals surface area (Å²) in [7, 11) is 1.51. The van der Waals surface area contributed by atoms with Crippen molar-refractivity contribution in [1.82, 2.24) is 14.7 Å². The molecule has 2 heterocycles. The highest BCUT2D eigenvalue weighted by Gasteiger charge is 2.33. The average molecular weight is 430 g/mol. The van der Waals surface area contributed by atoms with Crippen LogP contribution in [0.5, 0.6) is 0 Å². The summed E-state index contributed by atoms with van der Waals surface area (Å²) in [6.07, 6.45) is -3.03. The Morgan fingerprint density at radius 1 is 1.21 bits per heavy atom. The molecule has 0 unspecified atom stereocenters. The molecule has 2 aromatic rings. The molecule has 1 amide bonds. The number of benzene rings is 1. The Morgan fingerprint density at radius 3 is 2.52 bits per heavy atom. The largest absolute Gasteiger partial charge is 0.418 e. The molecule has 1 aromatic heterocycles. The van der Waals surface area contributed by atoms with Crippen LogP contribution in [0.3, 0.4) is 0 Å². The molecule has 0 saturated carbocycles. The number of carbonyl (C=O) groups is 1. The van der Waals surface area contributed by atoms with Crippen LogP contribution < -0.4 is 15.8 Å². The molecule has 1 aliphatic rings. The molecule has 0 aliphatic carbocycles. The highest BCUT2D eigenvalue weighted by molar-refractivity contribution is 6.33. The number of amides is 1. The van der Waals surface area contributed by atoms with E-state index in [2.05, 4.69) is 10.4 Å². The first-order valence-electron chi connectivity index (χ1n) is 8.82. The third-order valence-electron chi connectivity index (χ3n) is 4.65. The van der Waals surface area contributed by atoms with Crippen LogP contribution in [-0.2, 0) is 18.0 Å². The minimum absolute atomic E-state index is 0.0391. The molecule has 1 saturated heterocycles. The number of rotatable bonds is 4. The molecular formula is C18H19ClF3N5O2. The number of piperazine rings is 1. The molecular weight excluding hydrogens is 411 g/mol. The van der Waals surface area contributed by atoms with Crippen molar-refractivity contribution in [3.8, 4) is 0 Å². The second-order valence-corrected chi connectivity index (χ2v) is 7.01. The maximum atomic E-state index is 13.0. The van der Waals surface area contributed by atoms with Crippen molar-refractivity contribution in [2.45, 2.75) is 6.18 Å². The molecule has 3 rings (SSSR count). The number of halogens is 4. The van der Waals surface area contributed by atoms with Gasteiger partial charge in [0.1, 0.15) is 5.02 Å². The van der Waals surface area contributed by atoms with E-state index in [1.54, 1.807) is 0 Å². The van der Waals surface area contributed by atoms with Crippen LogP contribution >= 0.6 is 11.6 Å². The Kier molecular flexibility index (Phi) is 6.13. The van der Waals surface area contributed by atoms with E-state index in [4.69, 9.17) is 11.6 Å². The highest BCUT2D eigenvalue weighted by Crippen LogP contribution is 2.34. The van der Waals surface area contributed by atoms with Crippen LogP contribution in [-0.4, -0.2) is 53.3 Å². The van der Waals surface area contributed by atoms with Gasteiger partial charge in [0.05, 0.1) is 29.7 Å². The van der Waals surface area contributed by atoms with Crippen LogP contribution in [0.4, 0.5) is 24.5 Å². The van der Waals surface area contributed by atoms with Gasteiger partial charge in [0.15, 0.2) is 0 Å². The predicted octanol–water partition coefficient (Wildman–Crippen LogP) is 2.21. The summed E-state index contributed by atoms with van der Waals surface area (Å²) in [6, 6.07) is 4.86. The lowest BCUT2D eigenvalue weighted by atomic mass is 10.1. The second-order valence-electron chi connectivity index (χ2n) is 6.63. The maximum absolute atomic E-state index is 13.0. The summed E-state index contributed by atoms with van der Waals surface area (Å²) < 4.78 is 40.3. The molecule has 1 fully saturated rings. The Balaban J connectivity index is 1.59. The fourth-order valence-corrected chi connectivity index (χ4v) is 3.39. The quantitative estimate of drug-likeness (QED) is 0.807. The number of aromatic nitrogens is 2. The lowest BCUT2D eigenvalue weighted by molar-refractivity contribution is -0.137. The Morgan fingerprint density at radius 2 is 1.86 bits per heavy atom. The molecule has 7 nitrogen and oxygen atoms in total. The third-order valence-corrected chi connectivity index (χ3v) is 5.00. The van der Waals surface area contributed by atoms with Gasteiger partial charge in [0.2, 0.25) is 5.91 Å². The highest BCUT2D eigenvalue weighted by atomic mass is 35.5. The minimum Gasteiger partial charge on any atom is -0.366 e. The minimum atomic E-state index is -4.55. The van der Waals surface area contributed by atoms with Crippen molar-refractivity contribution in [1.29, 1.82) is 0 Å². The van der Waals surface area contributed by atoms with E-state index in [1.165, 1.54) is 31.4 Å². The summed E-state index contributed by atoms with van der Waals surface area (Å²) in [5.74, 6) is -0.525. The van der Waals surface area contributed by atoms with Crippen molar-refractivity contribution >= 4 is 28.9 Å². The molecule has 0 atom stereocenters. The average Bonchev–Trinajstić information content (AvgIpc) is 2.67. The molecule has 0 radical (unpaired) electrons. The molecule has 156 valence electrons. The molecule has 1 N–H and O–H groups in total. The van der Waals surface area contributed by atoms with Crippen molar-refractivity contribution in [3.05, 3.63) is 51.4 Å². The number of para-hydroxylation sites is 1. The van der Waals surface area contributed by atoms with E-state index in [-0.39, 0.29) is 17.3 Å². The van der Waals surface area contributed by atoms with Gasteiger partial charge < -0.3 is 10.2 Å². The van der Waals surface area contributed by atoms with E-state index in [1.807, 2.05) is 9.80 Å². The fraction of sp³-hybridized carbons (Fsp3) is 0.389. The first kappa shape index (κ1) is 21.1. The first-order valence-corrected chi connectivity index (χ1v) is 9.20. The monoisotopic (exact) mass is 429 g/mol. The zero-order valence-electron chi connectivity index (χ0n) is 15.5. The molecule has 1 aliphatic heterocycles. The number of alkyl halides is 3. The van der Waals surface area contributed by atoms with Gasteiger partial charge in [-0.2, -0.15) is 18.3 Å². The van der Waals surface area contributed by atoms with Crippen LogP contribution in [0, 0.1) is 0 Å². The van der Waals surface area contributed by atoms with Gasteiger partial charge >= 0.3 is 6.18 Å². The topological polar surface area (TPSA) is 70.5 Å². The maximum Gasteiger partial charge on any atom is 0.418 e. The normalized spacial score (nSPS) is 15.4. The predicted molar refractivity (Wildman–Crippen MR) is 103 cm³/mol. The number of hydrogen-bond acceptors (Lipinski definition) is 5. The number of aryl methyl sites for hydroxylation is 1. The molecule has 29 heavy (non-hydrogen) atoms. The van der Waals surface area contributed by atoms with Gasteiger partial charge in [0, 0.05) is 33.2 Å². The molecule has 11 heteroatoms. The summed E-state index contributed by atoms with van der Waals surface area (Å²) in [4.78, 5) is 27.9. The van der Waals surface area contributed by atoms with E-state index in [0.717, 1.165) is 10.7 Å². The summed E-state index contributed by atoms with van der Waals surface area (Å²) in [5, 5.41) is 6.39.